The zero-order chi connectivity index (χ0) is 15.4. The van der Waals surface area contributed by atoms with E-state index in [0.29, 0.717) is 11.2 Å². The molecule has 1 aromatic heterocycles. The lowest BCUT2D eigenvalue weighted by atomic mass is 10.1. The first-order chi connectivity index (χ1) is 11.3. The fraction of sp³-hybridized carbons (Fsp3) is 0.263. The summed E-state index contributed by atoms with van der Waals surface area (Å²) in [5.74, 6) is 1.78. The van der Waals surface area contributed by atoms with E-state index in [1.165, 1.54) is 35.1 Å². The third-order valence-electron chi connectivity index (χ3n) is 4.81. The summed E-state index contributed by atoms with van der Waals surface area (Å²) in [6.45, 7) is 0. The first kappa shape index (κ1) is 13.4. The molecule has 1 saturated carbocycles. The lowest BCUT2D eigenvalue weighted by Gasteiger charge is -2.12. The summed E-state index contributed by atoms with van der Waals surface area (Å²) < 4.78 is 2.19. The number of fused-ring (bicyclic) bond motifs is 3. The van der Waals surface area contributed by atoms with Gasteiger partial charge in [0.1, 0.15) is 5.82 Å². The van der Waals surface area contributed by atoms with Crippen molar-refractivity contribution in [1.29, 1.82) is 0 Å². The minimum atomic E-state index is 0.303. The van der Waals surface area contributed by atoms with Gasteiger partial charge in [-0.2, -0.15) is 0 Å². The lowest BCUT2D eigenvalue weighted by Crippen LogP contribution is -1.99. The van der Waals surface area contributed by atoms with E-state index in [2.05, 4.69) is 70.3 Å². The van der Waals surface area contributed by atoms with Gasteiger partial charge in [-0.15, -0.1) is 10.2 Å². The van der Waals surface area contributed by atoms with E-state index in [1.807, 2.05) is 11.8 Å². The van der Waals surface area contributed by atoms with E-state index in [-0.39, 0.29) is 0 Å². The molecule has 0 radical (unpaired) electrons. The maximum atomic E-state index is 4.46. The Morgan fingerprint density at radius 3 is 2.13 bits per heavy atom. The summed E-state index contributed by atoms with van der Waals surface area (Å²) in [6, 6.07) is 17.4. The molecule has 114 valence electrons. The molecule has 3 aromatic rings. The zero-order valence-corrected chi connectivity index (χ0v) is 13.8. The molecule has 2 aliphatic rings. The maximum Gasteiger partial charge on any atom is 0.191 e. The Morgan fingerprint density at radius 1 is 0.913 bits per heavy atom. The van der Waals surface area contributed by atoms with Crippen molar-refractivity contribution in [1.82, 2.24) is 14.8 Å². The second kappa shape index (κ2) is 4.96. The second-order valence-electron chi connectivity index (χ2n) is 6.35. The van der Waals surface area contributed by atoms with Crippen LogP contribution < -0.4 is 0 Å². The first-order valence-electron chi connectivity index (χ1n) is 8.07. The van der Waals surface area contributed by atoms with Crippen LogP contribution in [-0.2, 0) is 7.05 Å². The van der Waals surface area contributed by atoms with Crippen LogP contribution in [-0.4, -0.2) is 14.8 Å². The van der Waals surface area contributed by atoms with Crippen molar-refractivity contribution < 1.29 is 0 Å². The molecule has 5 rings (SSSR count). The fourth-order valence-corrected chi connectivity index (χ4v) is 4.68. The average Bonchev–Trinajstić information content (AvgIpc) is 3.30. The van der Waals surface area contributed by atoms with Crippen LogP contribution in [0, 0.1) is 0 Å². The Kier molecular flexibility index (Phi) is 2.89. The predicted molar refractivity (Wildman–Crippen MR) is 92.6 cm³/mol. The standard InChI is InChI=1S/C19H17N3S/c1-22-18(12-10-11-12)20-21-19(22)23-17-15-8-4-2-6-13(15)14-7-3-5-9-16(14)17/h2-9,12,17H,10-11H2,1H3. The molecule has 0 atom stereocenters. The Hall–Kier alpha value is -2.07. The zero-order valence-electron chi connectivity index (χ0n) is 12.9. The van der Waals surface area contributed by atoms with E-state index in [9.17, 15) is 0 Å². The molecular weight excluding hydrogens is 302 g/mol. The number of thioether (sulfide) groups is 1. The topological polar surface area (TPSA) is 30.7 Å². The molecule has 0 spiro atoms. The minimum absolute atomic E-state index is 0.303. The third kappa shape index (κ3) is 2.05. The van der Waals surface area contributed by atoms with E-state index in [4.69, 9.17) is 0 Å². The molecule has 0 N–H and O–H groups in total. The van der Waals surface area contributed by atoms with Crippen molar-refractivity contribution in [3.63, 3.8) is 0 Å². The molecule has 3 nitrogen and oxygen atoms in total. The van der Waals surface area contributed by atoms with Crippen LogP contribution in [0.5, 0.6) is 0 Å². The summed E-state index contributed by atoms with van der Waals surface area (Å²) >= 11 is 1.82. The van der Waals surface area contributed by atoms with E-state index < -0.39 is 0 Å². The molecule has 0 amide bonds. The Labute approximate surface area is 139 Å². The molecular formula is C19H17N3S. The highest BCUT2D eigenvalue weighted by molar-refractivity contribution is 7.99. The monoisotopic (exact) mass is 319 g/mol. The number of hydrogen-bond donors (Lipinski definition) is 0. The quantitative estimate of drug-likeness (QED) is 0.709. The highest BCUT2D eigenvalue weighted by Gasteiger charge is 2.33. The Bertz CT molecular complexity index is 850. The van der Waals surface area contributed by atoms with Crippen LogP contribution in [0.15, 0.2) is 53.7 Å². The van der Waals surface area contributed by atoms with Crippen LogP contribution in [0.1, 0.15) is 41.0 Å². The largest absolute Gasteiger partial charge is 0.309 e. The number of benzene rings is 2. The molecule has 1 fully saturated rings. The molecule has 2 aliphatic carbocycles. The third-order valence-corrected chi connectivity index (χ3v) is 6.12. The van der Waals surface area contributed by atoms with Gasteiger partial charge in [-0.25, -0.2) is 0 Å². The van der Waals surface area contributed by atoms with Crippen molar-refractivity contribution in [2.24, 2.45) is 7.05 Å². The van der Waals surface area contributed by atoms with Gasteiger partial charge in [-0.3, -0.25) is 0 Å². The Morgan fingerprint density at radius 2 is 1.52 bits per heavy atom. The van der Waals surface area contributed by atoms with Crippen LogP contribution in [0.4, 0.5) is 0 Å². The first-order valence-corrected chi connectivity index (χ1v) is 8.95. The molecule has 0 unspecified atom stereocenters. The molecule has 1 heterocycles. The normalized spacial score (nSPS) is 16.4. The van der Waals surface area contributed by atoms with Gasteiger partial charge >= 0.3 is 0 Å². The highest BCUT2D eigenvalue weighted by atomic mass is 32.2. The summed E-state index contributed by atoms with van der Waals surface area (Å²) in [5, 5.41) is 10.2. The van der Waals surface area contributed by atoms with E-state index >= 15 is 0 Å². The Balaban J connectivity index is 1.58. The van der Waals surface area contributed by atoms with Crippen LogP contribution in [0.25, 0.3) is 11.1 Å². The number of hydrogen-bond acceptors (Lipinski definition) is 3. The lowest BCUT2D eigenvalue weighted by molar-refractivity contribution is 0.735. The molecule has 4 heteroatoms. The van der Waals surface area contributed by atoms with Crippen LogP contribution in [0.3, 0.4) is 0 Å². The van der Waals surface area contributed by atoms with Crippen molar-refractivity contribution in [2.45, 2.75) is 29.2 Å². The number of rotatable bonds is 3. The smallest absolute Gasteiger partial charge is 0.191 e. The molecule has 23 heavy (non-hydrogen) atoms. The fourth-order valence-electron chi connectivity index (χ4n) is 3.47. The SMILES string of the molecule is Cn1c(SC2c3ccccc3-c3ccccc32)nnc1C1CC1. The summed E-state index contributed by atoms with van der Waals surface area (Å²) in [7, 11) is 2.10. The van der Waals surface area contributed by atoms with Gasteiger partial charge in [0.15, 0.2) is 5.16 Å². The summed E-state index contributed by atoms with van der Waals surface area (Å²) in [6.07, 6.45) is 2.51. The molecule has 2 aromatic carbocycles. The van der Waals surface area contributed by atoms with Crippen molar-refractivity contribution >= 4 is 11.8 Å². The van der Waals surface area contributed by atoms with Gasteiger partial charge in [0, 0.05) is 13.0 Å². The van der Waals surface area contributed by atoms with E-state index in [0.717, 1.165) is 11.0 Å². The van der Waals surface area contributed by atoms with Gasteiger partial charge < -0.3 is 4.57 Å². The van der Waals surface area contributed by atoms with Crippen molar-refractivity contribution in [3.8, 4) is 11.1 Å². The minimum Gasteiger partial charge on any atom is -0.309 e. The average molecular weight is 319 g/mol. The highest BCUT2D eigenvalue weighted by Crippen LogP contribution is 2.52. The number of aromatic nitrogens is 3. The second-order valence-corrected chi connectivity index (χ2v) is 7.42. The maximum absolute atomic E-state index is 4.46. The van der Waals surface area contributed by atoms with Crippen LogP contribution >= 0.6 is 11.8 Å². The van der Waals surface area contributed by atoms with Gasteiger partial charge in [0.05, 0.1) is 5.25 Å². The number of nitrogens with zero attached hydrogens (tertiary/aromatic N) is 3. The summed E-state index contributed by atoms with van der Waals surface area (Å²) in [4.78, 5) is 0. The van der Waals surface area contributed by atoms with E-state index in [1.54, 1.807) is 0 Å². The van der Waals surface area contributed by atoms with Crippen molar-refractivity contribution in [2.75, 3.05) is 0 Å². The van der Waals surface area contributed by atoms with Crippen molar-refractivity contribution in [3.05, 3.63) is 65.5 Å². The molecule has 0 bridgehead atoms. The van der Waals surface area contributed by atoms with Gasteiger partial charge in [0.2, 0.25) is 0 Å². The molecule has 0 saturated heterocycles. The predicted octanol–water partition coefficient (Wildman–Crippen LogP) is 4.55. The van der Waals surface area contributed by atoms with Gasteiger partial charge in [0.25, 0.3) is 0 Å². The van der Waals surface area contributed by atoms with Gasteiger partial charge in [-0.1, -0.05) is 60.3 Å². The van der Waals surface area contributed by atoms with Crippen LogP contribution in [0.2, 0.25) is 0 Å². The summed E-state index contributed by atoms with van der Waals surface area (Å²) in [5.41, 5.74) is 5.47. The molecule has 0 aliphatic heterocycles. The van der Waals surface area contributed by atoms with Gasteiger partial charge in [-0.05, 0) is 35.1 Å².